The summed E-state index contributed by atoms with van der Waals surface area (Å²) in [6.45, 7) is 5.54. The molecule has 152 valence electrons. The first-order valence-corrected chi connectivity index (χ1v) is 11.2. The van der Waals surface area contributed by atoms with Gasteiger partial charge in [-0.05, 0) is 72.6 Å². The second-order valence-corrected chi connectivity index (χ2v) is 11.9. The van der Waals surface area contributed by atoms with Crippen LogP contribution in [0.15, 0.2) is 0 Å². The van der Waals surface area contributed by atoms with Crippen molar-refractivity contribution >= 4 is 20.2 Å². The van der Waals surface area contributed by atoms with Crippen molar-refractivity contribution in [1.29, 1.82) is 0 Å². The zero-order chi connectivity index (χ0) is 20.1. The predicted octanol–water partition coefficient (Wildman–Crippen LogP) is 1.77. The second-order valence-electron chi connectivity index (χ2n) is 7.79. The van der Waals surface area contributed by atoms with E-state index in [4.69, 9.17) is 9.11 Å². The van der Waals surface area contributed by atoms with Crippen LogP contribution in [0.5, 0.6) is 0 Å². The minimum atomic E-state index is -4.19. The lowest BCUT2D eigenvalue weighted by Crippen LogP contribution is -2.32. The standard InChI is InChI=1S/C15H32O8S2/c1-14(2,24(18,19)20)10-8-12(16)6-5-7-13(17)9-11-15(3,4)25(21,22)23/h12-13,16-17H,5-11H2,1-4H3,(H,18,19,20)(H,21,22,23). The third kappa shape index (κ3) is 8.78. The third-order valence-corrected chi connectivity index (χ3v) is 7.83. The maximum atomic E-state index is 11.2. The normalized spacial score (nSPS) is 16.6. The highest BCUT2D eigenvalue weighted by molar-refractivity contribution is 7.87. The van der Waals surface area contributed by atoms with E-state index in [0.29, 0.717) is 19.3 Å². The van der Waals surface area contributed by atoms with E-state index in [1.165, 1.54) is 27.7 Å². The van der Waals surface area contributed by atoms with Gasteiger partial charge in [0, 0.05) is 0 Å². The molecule has 2 atom stereocenters. The van der Waals surface area contributed by atoms with E-state index < -0.39 is 41.9 Å². The highest BCUT2D eigenvalue weighted by Crippen LogP contribution is 2.25. The summed E-state index contributed by atoms with van der Waals surface area (Å²) in [5.41, 5.74) is 0. The smallest absolute Gasteiger partial charge is 0.270 e. The van der Waals surface area contributed by atoms with E-state index in [0.717, 1.165) is 0 Å². The van der Waals surface area contributed by atoms with Crippen molar-refractivity contribution in [1.82, 2.24) is 0 Å². The second kappa shape index (κ2) is 9.09. The van der Waals surface area contributed by atoms with Crippen molar-refractivity contribution in [2.75, 3.05) is 0 Å². The molecule has 4 N–H and O–H groups in total. The maximum absolute atomic E-state index is 11.2. The van der Waals surface area contributed by atoms with E-state index in [9.17, 15) is 27.0 Å². The lowest BCUT2D eigenvalue weighted by Gasteiger charge is -2.23. The van der Waals surface area contributed by atoms with Gasteiger partial charge in [0.25, 0.3) is 20.2 Å². The summed E-state index contributed by atoms with van der Waals surface area (Å²) >= 11 is 0. The van der Waals surface area contributed by atoms with Gasteiger partial charge in [0.1, 0.15) is 0 Å². The molecule has 0 rings (SSSR count). The molecule has 0 aliphatic carbocycles. The minimum absolute atomic E-state index is 0.109. The SMILES string of the molecule is CC(C)(CCC(O)CCCC(O)CCC(C)(C)S(=O)(=O)O)S(=O)(=O)O. The number of aliphatic hydroxyl groups is 2. The van der Waals surface area contributed by atoms with Gasteiger partial charge < -0.3 is 10.2 Å². The first-order chi connectivity index (χ1) is 11.0. The first-order valence-electron chi connectivity index (χ1n) is 8.30. The monoisotopic (exact) mass is 404 g/mol. The summed E-state index contributed by atoms with van der Waals surface area (Å²) in [4.78, 5) is 0. The maximum Gasteiger partial charge on any atom is 0.270 e. The van der Waals surface area contributed by atoms with Crippen molar-refractivity contribution < 1.29 is 36.2 Å². The van der Waals surface area contributed by atoms with E-state index in [-0.39, 0.29) is 25.7 Å². The largest absolute Gasteiger partial charge is 0.393 e. The van der Waals surface area contributed by atoms with E-state index in [1.807, 2.05) is 0 Å². The lowest BCUT2D eigenvalue weighted by atomic mass is 9.97. The van der Waals surface area contributed by atoms with Crippen LogP contribution in [0.4, 0.5) is 0 Å². The Hall–Kier alpha value is -0.260. The van der Waals surface area contributed by atoms with Gasteiger partial charge in [-0.15, -0.1) is 0 Å². The van der Waals surface area contributed by atoms with E-state index in [2.05, 4.69) is 0 Å². The van der Waals surface area contributed by atoms with Crippen LogP contribution in [-0.2, 0) is 20.2 Å². The van der Waals surface area contributed by atoms with Crippen LogP contribution in [0.25, 0.3) is 0 Å². The van der Waals surface area contributed by atoms with Crippen LogP contribution < -0.4 is 0 Å². The van der Waals surface area contributed by atoms with Gasteiger partial charge in [0.15, 0.2) is 0 Å². The van der Waals surface area contributed by atoms with E-state index >= 15 is 0 Å². The van der Waals surface area contributed by atoms with Crippen LogP contribution in [0.1, 0.15) is 72.6 Å². The van der Waals surface area contributed by atoms with Gasteiger partial charge in [0.2, 0.25) is 0 Å². The molecule has 0 aromatic rings. The summed E-state index contributed by atoms with van der Waals surface area (Å²) in [5, 5.41) is 19.8. The van der Waals surface area contributed by atoms with Crippen molar-refractivity contribution in [2.45, 2.75) is 94.3 Å². The summed E-state index contributed by atoms with van der Waals surface area (Å²) in [7, 11) is -8.37. The summed E-state index contributed by atoms with van der Waals surface area (Å²) in [6, 6.07) is 0. The molecule has 10 heteroatoms. The fourth-order valence-electron chi connectivity index (χ4n) is 2.16. The number of aliphatic hydroxyl groups excluding tert-OH is 2. The first kappa shape index (κ1) is 24.7. The Morgan fingerprint density at radius 1 is 0.680 bits per heavy atom. The Balaban J connectivity index is 4.15. The molecule has 0 spiro atoms. The van der Waals surface area contributed by atoms with Crippen molar-refractivity contribution in [2.24, 2.45) is 0 Å². The molecule has 8 nitrogen and oxygen atoms in total. The molecular weight excluding hydrogens is 372 g/mol. The Kier molecular flexibility index (Phi) is 9.00. The molecule has 0 bridgehead atoms. The highest BCUT2D eigenvalue weighted by atomic mass is 32.2. The van der Waals surface area contributed by atoms with Crippen molar-refractivity contribution in [3.63, 3.8) is 0 Å². The van der Waals surface area contributed by atoms with Gasteiger partial charge in [0.05, 0.1) is 21.7 Å². The molecule has 0 radical (unpaired) electrons. The molecule has 0 amide bonds. The average Bonchev–Trinajstić information content (AvgIpc) is 2.40. The quantitative estimate of drug-likeness (QED) is 0.359. The number of hydrogen-bond acceptors (Lipinski definition) is 6. The molecule has 0 aliphatic rings. The molecule has 0 saturated carbocycles. The van der Waals surface area contributed by atoms with Crippen LogP contribution in [-0.4, -0.2) is 57.9 Å². The molecule has 0 fully saturated rings. The molecule has 2 unspecified atom stereocenters. The zero-order valence-electron chi connectivity index (χ0n) is 15.3. The van der Waals surface area contributed by atoms with Crippen LogP contribution in [0.2, 0.25) is 0 Å². The fraction of sp³-hybridized carbons (Fsp3) is 1.00. The van der Waals surface area contributed by atoms with Crippen molar-refractivity contribution in [3.8, 4) is 0 Å². The molecule has 0 saturated heterocycles. The van der Waals surface area contributed by atoms with Gasteiger partial charge in [-0.25, -0.2) is 0 Å². The predicted molar refractivity (Wildman–Crippen MR) is 95.6 cm³/mol. The number of rotatable bonds is 12. The molecule has 0 aromatic carbocycles. The van der Waals surface area contributed by atoms with Gasteiger partial charge in [-0.3, -0.25) is 9.11 Å². The Bertz CT molecular complexity index is 553. The van der Waals surface area contributed by atoms with Gasteiger partial charge in [-0.1, -0.05) is 0 Å². The summed E-state index contributed by atoms with van der Waals surface area (Å²) in [5.74, 6) is 0. The number of hydrogen-bond donors (Lipinski definition) is 4. The summed E-state index contributed by atoms with van der Waals surface area (Å²) < 4.78 is 60.2. The molecular formula is C15H32O8S2. The van der Waals surface area contributed by atoms with Crippen LogP contribution in [0.3, 0.4) is 0 Å². The minimum Gasteiger partial charge on any atom is -0.393 e. The van der Waals surface area contributed by atoms with Gasteiger partial charge in [-0.2, -0.15) is 16.8 Å². The Labute approximate surface area is 151 Å². The van der Waals surface area contributed by atoms with E-state index in [1.54, 1.807) is 0 Å². The van der Waals surface area contributed by atoms with Crippen LogP contribution >= 0.6 is 0 Å². The molecule has 0 aliphatic heterocycles. The Morgan fingerprint density at radius 2 is 0.960 bits per heavy atom. The zero-order valence-corrected chi connectivity index (χ0v) is 17.0. The molecule has 0 heterocycles. The van der Waals surface area contributed by atoms with Gasteiger partial charge >= 0.3 is 0 Å². The molecule has 25 heavy (non-hydrogen) atoms. The summed E-state index contributed by atoms with van der Waals surface area (Å²) in [6.07, 6.45) is 0.347. The lowest BCUT2D eigenvalue weighted by molar-refractivity contribution is 0.118. The third-order valence-electron chi connectivity index (χ3n) is 4.63. The Morgan fingerprint density at radius 3 is 1.20 bits per heavy atom. The average molecular weight is 405 g/mol. The highest BCUT2D eigenvalue weighted by Gasteiger charge is 2.33. The molecule has 0 aromatic heterocycles. The fourth-order valence-corrected chi connectivity index (χ4v) is 2.92. The topological polar surface area (TPSA) is 149 Å². The van der Waals surface area contributed by atoms with Crippen LogP contribution in [0, 0.1) is 0 Å². The van der Waals surface area contributed by atoms with Crippen molar-refractivity contribution in [3.05, 3.63) is 0 Å².